The van der Waals surface area contributed by atoms with Crippen LogP contribution in [0.2, 0.25) is 0 Å². The number of rotatable bonds is 3. The largest absolute Gasteiger partial charge is 0.386 e. The number of fused-ring (bicyclic) bond motifs is 1. The third-order valence-electron chi connectivity index (χ3n) is 4.35. The highest BCUT2D eigenvalue weighted by Gasteiger charge is 2.55. The van der Waals surface area contributed by atoms with Crippen LogP contribution in [0.1, 0.15) is 33.6 Å². The van der Waals surface area contributed by atoms with Crippen LogP contribution in [0.25, 0.3) is 0 Å². The molecule has 96 valence electrons. The van der Waals surface area contributed by atoms with Gasteiger partial charge in [0.15, 0.2) is 0 Å². The molecule has 4 atom stereocenters. The molecule has 0 bridgehead atoms. The second-order valence-electron chi connectivity index (χ2n) is 5.74. The number of likely N-dealkylation sites (tertiary alicyclic amines) is 1. The van der Waals surface area contributed by atoms with Crippen LogP contribution >= 0.6 is 0 Å². The Morgan fingerprint density at radius 2 is 2.00 bits per heavy atom. The van der Waals surface area contributed by atoms with Gasteiger partial charge < -0.3 is 10.6 Å². The molecule has 1 saturated carbocycles. The molecule has 2 aliphatic rings. The van der Waals surface area contributed by atoms with Gasteiger partial charge in [-0.3, -0.25) is 9.79 Å². The predicted molar refractivity (Wildman–Crippen MR) is 68.7 cm³/mol. The van der Waals surface area contributed by atoms with Crippen molar-refractivity contribution in [3.8, 4) is 0 Å². The molecule has 1 amide bonds. The Morgan fingerprint density at radius 1 is 1.35 bits per heavy atom. The van der Waals surface area contributed by atoms with Crippen molar-refractivity contribution in [2.24, 2.45) is 28.5 Å². The van der Waals surface area contributed by atoms with E-state index < -0.39 is 0 Å². The fraction of sp³-hybridized carbons (Fsp3) is 0.846. The molecule has 2 rings (SSSR count). The summed E-state index contributed by atoms with van der Waals surface area (Å²) in [6, 6.07) is 0.492. The van der Waals surface area contributed by atoms with Gasteiger partial charge in [-0.1, -0.05) is 20.8 Å². The van der Waals surface area contributed by atoms with Crippen molar-refractivity contribution in [3.05, 3.63) is 0 Å². The van der Waals surface area contributed by atoms with Gasteiger partial charge in [0, 0.05) is 19.0 Å². The van der Waals surface area contributed by atoms with E-state index in [1.54, 1.807) is 7.05 Å². The van der Waals surface area contributed by atoms with Crippen LogP contribution < -0.4 is 5.73 Å². The lowest BCUT2D eigenvalue weighted by molar-refractivity contribution is -0.137. The molecule has 0 aromatic carbocycles. The van der Waals surface area contributed by atoms with Crippen LogP contribution in [0.5, 0.6) is 0 Å². The monoisotopic (exact) mass is 237 g/mol. The van der Waals surface area contributed by atoms with Gasteiger partial charge in [0.2, 0.25) is 5.91 Å². The lowest BCUT2D eigenvalue weighted by Crippen LogP contribution is -2.48. The molecule has 2 fully saturated rings. The maximum Gasteiger partial charge on any atom is 0.226 e. The Bertz CT molecular complexity index is 351. The molecule has 4 nitrogen and oxygen atoms in total. The van der Waals surface area contributed by atoms with Crippen LogP contribution in [0.15, 0.2) is 4.99 Å². The van der Waals surface area contributed by atoms with Crippen molar-refractivity contribution < 1.29 is 4.79 Å². The van der Waals surface area contributed by atoms with Gasteiger partial charge in [0.1, 0.15) is 5.84 Å². The number of amides is 1. The number of hydrogen-bond acceptors (Lipinski definition) is 2. The van der Waals surface area contributed by atoms with E-state index in [0.717, 1.165) is 12.8 Å². The maximum atomic E-state index is 12.5. The average molecular weight is 237 g/mol. The molecule has 0 radical (unpaired) electrons. The number of nitrogens with two attached hydrogens (primary N) is 1. The zero-order valence-corrected chi connectivity index (χ0v) is 11.2. The van der Waals surface area contributed by atoms with E-state index in [0.29, 0.717) is 23.7 Å². The molecule has 0 aromatic heterocycles. The molecule has 0 spiro atoms. The minimum absolute atomic E-state index is 0.0532. The van der Waals surface area contributed by atoms with Crippen molar-refractivity contribution in [2.45, 2.75) is 45.7 Å². The summed E-state index contributed by atoms with van der Waals surface area (Å²) in [6.07, 6.45) is 2.16. The first-order valence-corrected chi connectivity index (χ1v) is 6.51. The molecule has 2 N–H and O–H groups in total. The number of aliphatic imine (C=N–C) groups is 1. The summed E-state index contributed by atoms with van der Waals surface area (Å²) in [4.78, 5) is 18.5. The van der Waals surface area contributed by atoms with Crippen LogP contribution in [-0.4, -0.2) is 35.8 Å². The fourth-order valence-electron chi connectivity index (χ4n) is 2.71. The van der Waals surface area contributed by atoms with E-state index in [2.05, 4.69) is 18.8 Å². The molecule has 0 aromatic rings. The Morgan fingerprint density at radius 3 is 2.53 bits per heavy atom. The topological polar surface area (TPSA) is 58.7 Å². The van der Waals surface area contributed by atoms with Crippen molar-refractivity contribution in [1.82, 2.24) is 4.90 Å². The van der Waals surface area contributed by atoms with Crippen molar-refractivity contribution in [2.75, 3.05) is 7.05 Å². The summed E-state index contributed by atoms with van der Waals surface area (Å²) in [7, 11) is 1.70. The predicted octanol–water partition coefficient (Wildman–Crippen LogP) is 1.25. The molecule has 17 heavy (non-hydrogen) atoms. The Balaban J connectivity index is 2.15. The third-order valence-corrected chi connectivity index (χ3v) is 4.35. The van der Waals surface area contributed by atoms with E-state index in [4.69, 9.17) is 5.73 Å². The second kappa shape index (κ2) is 4.31. The fourth-order valence-corrected chi connectivity index (χ4v) is 2.71. The number of hydrogen-bond donors (Lipinski definition) is 1. The van der Waals surface area contributed by atoms with Gasteiger partial charge in [-0.25, -0.2) is 0 Å². The first-order valence-electron chi connectivity index (χ1n) is 6.51. The normalized spacial score (nSPS) is 33.8. The van der Waals surface area contributed by atoms with E-state index in [1.165, 1.54) is 0 Å². The summed E-state index contributed by atoms with van der Waals surface area (Å²) in [5, 5.41) is 0. The number of carbonyl (C=O) groups excluding carboxylic acids is 1. The van der Waals surface area contributed by atoms with Gasteiger partial charge >= 0.3 is 0 Å². The molecule has 1 saturated heterocycles. The van der Waals surface area contributed by atoms with E-state index >= 15 is 0 Å². The Hall–Kier alpha value is -1.06. The summed E-state index contributed by atoms with van der Waals surface area (Å²) in [5.74, 6) is 1.98. The molecule has 1 aliphatic heterocycles. The van der Waals surface area contributed by atoms with Gasteiger partial charge in [0.25, 0.3) is 0 Å². The SMILES string of the molecule is CN=C(N)[C@@H]1CC2CC2N1C(=O)[C@@H](C)C(C)C. The van der Waals surface area contributed by atoms with Gasteiger partial charge in [-0.05, 0) is 24.7 Å². The second-order valence-corrected chi connectivity index (χ2v) is 5.74. The molecule has 2 unspecified atom stereocenters. The minimum atomic E-state index is 0.0532. The standard InChI is InChI=1S/C13H23N3O/c1-7(2)8(3)13(17)16-10-5-9(10)6-11(16)12(14)15-4/h7-11H,5-6H2,1-4H3,(H2,14,15)/t8-,9?,10?,11-/m0/s1. The van der Waals surface area contributed by atoms with Gasteiger partial charge in [0.05, 0.1) is 6.04 Å². The van der Waals surface area contributed by atoms with Crippen LogP contribution in [0, 0.1) is 17.8 Å². The van der Waals surface area contributed by atoms with Crippen molar-refractivity contribution in [3.63, 3.8) is 0 Å². The summed E-state index contributed by atoms with van der Waals surface area (Å²) in [6.45, 7) is 6.20. The zero-order chi connectivity index (χ0) is 12.7. The summed E-state index contributed by atoms with van der Waals surface area (Å²) >= 11 is 0. The van der Waals surface area contributed by atoms with Gasteiger partial charge in [-0.2, -0.15) is 0 Å². The molecule has 4 heteroatoms. The van der Waals surface area contributed by atoms with Crippen molar-refractivity contribution >= 4 is 11.7 Å². The highest BCUT2D eigenvalue weighted by Crippen LogP contribution is 2.48. The van der Waals surface area contributed by atoms with Gasteiger partial charge in [-0.15, -0.1) is 0 Å². The third kappa shape index (κ3) is 2.05. The highest BCUT2D eigenvalue weighted by atomic mass is 16.2. The molecule has 1 heterocycles. The Labute approximate surface area is 103 Å². The first-order chi connectivity index (χ1) is 7.97. The number of carbonyl (C=O) groups is 1. The minimum Gasteiger partial charge on any atom is -0.386 e. The van der Waals surface area contributed by atoms with Crippen LogP contribution in [0.3, 0.4) is 0 Å². The first kappa shape index (κ1) is 12.4. The van der Waals surface area contributed by atoms with E-state index in [-0.39, 0.29) is 17.9 Å². The highest BCUT2D eigenvalue weighted by molar-refractivity contribution is 5.92. The molecule has 1 aliphatic carbocycles. The van der Waals surface area contributed by atoms with Crippen LogP contribution in [0.4, 0.5) is 0 Å². The molecular formula is C13H23N3O. The lowest BCUT2D eigenvalue weighted by Gasteiger charge is -2.30. The van der Waals surface area contributed by atoms with E-state index in [1.807, 2.05) is 11.8 Å². The maximum absolute atomic E-state index is 12.5. The molecular weight excluding hydrogens is 214 g/mol. The smallest absolute Gasteiger partial charge is 0.226 e. The lowest BCUT2D eigenvalue weighted by atomic mass is 9.96. The average Bonchev–Trinajstić information content (AvgIpc) is 2.97. The number of amidine groups is 1. The summed E-state index contributed by atoms with van der Waals surface area (Å²) in [5.41, 5.74) is 5.92. The number of nitrogens with zero attached hydrogens (tertiary/aromatic N) is 2. The number of piperidine rings is 1. The Kier molecular flexibility index (Phi) is 3.15. The summed E-state index contributed by atoms with van der Waals surface area (Å²) < 4.78 is 0. The van der Waals surface area contributed by atoms with Crippen molar-refractivity contribution in [1.29, 1.82) is 0 Å². The quantitative estimate of drug-likeness (QED) is 0.593. The van der Waals surface area contributed by atoms with Crippen LogP contribution in [-0.2, 0) is 4.79 Å². The van der Waals surface area contributed by atoms with E-state index in [9.17, 15) is 4.79 Å². The zero-order valence-electron chi connectivity index (χ0n) is 11.2.